The summed E-state index contributed by atoms with van der Waals surface area (Å²) in [5.74, 6) is -1.74. The highest BCUT2D eigenvalue weighted by Crippen LogP contribution is 2.32. The van der Waals surface area contributed by atoms with Crippen LogP contribution < -0.4 is 10.1 Å². The van der Waals surface area contributed by atoms with Crippen molar-refractivity contribution in [2.75, 3.05) is 12.4 Å². The van der Waals surface area contributed by atoms with Gasteiger partial charge in [-0.25, -0.2) is 4.79 Å². The Morgan fingerprint density at radius 1 is 0.911 bits per heavy atom. The van der Waals surface area contributed by atoms with Gasteiger partial charge in [-0.3, -0.25) is 14.2 Å². The molecule has 0 atom stereocenters. The fourth-order valence-corrected chi connectivity index (χ4v) is 4.78. The monoisotopic (exact) mass is 638 g/mol. The number of alkyl halides is 3. The Labute approximate surface area is 260 Å². The van der Waals surface area contributed by atoms with E-state index in [1.165, 1.54) is 28.8 Å². The van der Waals surface area contributed by atoms with Gasteiger partial charge in [0.2, 0.25) is 0 Å². The van der Waals surface area contributed by atoms with Gasteiger partial charge >= 0.3 is 18.1 Å². The highest BCUT2D eigenvalue weighted by molar-refractivity contribution is 6.30. The van der Waals surface area contributed by atoms with E-state index in [2.05, 4.69) is 5.32 Å². The summed E-state index contributed by atoms with van der Waals surface area (Å²) < 4.78 is 44.5. The van der Waals surface area contributed by atoms with Crippen molar-refractivity contribution in [3.05, 3.63) is 124 Å². The molecule has 4 aromatic carbocycles. The number of rotatable bonds is 7. The van der Waals surface area contributed by atoms with Crippen LogP contribution in [0.4, 0.5) is 24.5 Å². The van der Waals surface area contributed by atoms with Gasteiger partial charge in [0.1, 0.15) is 5.75 Å². The van der Waals surface area contributed by atoms with Crippen LogP contribution in [0.1, 0.15) is 37.5 Å². The molecule has 5 rings (SSSR count). The van der Waals surface area contributed by atoms with Crippen LogP contribution in [0.3, 0.4) is 0 Å². The van der Waals surface area contributed by atoms with E-state index in [0.29, 0.717) is 38.5 Å². The molecule has 12 heteroatoms. The fraction of sp³-hybridized carbons (Fsp3) is 0.121. The average Bonchev–Trinajstić information content (AvgIpc) is 3.27. The molecule has 0 amide bonds. The molecule has 45 heavy (non-hydrogen) atoms. The van der Waals surface area contributed by atoms with Gasteiger partial charge in [0.15, 0.2) is 0 Å². The number of carboxylic acids is 2. The molecule has 232 valence electrons. The normalized spacial score (nSPS) is 11.0. The third kappa shape index (κ3) is 7.63. The summed E-state index contributed by atoms with van der Waals surface area (Å²) in [6, 6.07) is 22.5. The maximum Gasteiger partial charge on any atom is 0.416 e. The maximum atomic E-state index is 13.0. The SMILES string of the molecule is COc1ccc2c(c1)c(CC(=O)O)c(C)n2C(=O)c1ccc(Cl)cc1.O=C(O)c1ccccc1Nc1cccc(C(F)(F)F)c1. The van der Waals surface area contributed by atoms with Gasteiger partial charge in [-0.05, 0) is 85.3 Å². The third-order valence-electron chi connectivity index (χ3n) is 6.79. The van der Waals surface area contributed by atoms with Crippen LogP contribution in [-0.4, -0.2) is 39.7 Å². The Kier molecular flexibility index (Phi) is 9.83. The molecule has 8 nitrogen and oxygen atoms in total. The number of para-hydroxylation sites is 1. The minimum atomic E-state index is -4.44. The number of nitrogens with one attached hydrogen (secondary N) is 1. The summed E-state index contributed by atoms with van der Waals surface area (Å²) in [4.78, 5) is 35.3. The van der Waals surface area contributed by atoms with Gasteiger partial charge in [-0.1, -0.05) is 29.8 Å². The molecular formula is C33H26ClF3N2O6. The molecule has 0 bridgehead atoms. The van der Waals surface area contributed by atoms with Crippen molar-refractivity contribution >= 4 is 51.7 Å². The molecule has 0 saturated heterocycles. The molecule has 0 saturated carbocycles. The van der Waals surface area contributed by atoms with Gasteiger partial charge in [0, 0.05) is 27.4 Å². The summed E-state index contributed by atoms with van der Waals surface area (Å²) in [5.41, 5.74) is 1.93. The van der Waals surface area contributed by atoms with Gasteiger partial charge < -0.3 is 20.3 Å². The smallest absolute Gasteiger partial charge is 0.416 e. The second kappa shape index (κ2) is 13.6. The topological polar surface area (TPSA) is 118 Å². The number of nitrogens with zero attached hydrogens (tertiary/aromatic N) is 1. The summed E-state index contributed by atoms with van der Waals surface area (Å²) >= 11 is 5.89. The zero-order chi connectivity index (χ0) is 32.9. The number of carbonyl (C=O) groups excluding carboxylic acids is 1. The second-order valence-electron chi connectivity index (χ2n) is 9.72. The summed E-state index contributed by atoms with van der Waals surface area (Å²) in [6.07, 6.45) is -4.61. The highest BCUT2D eigenvalue weighted by atomic mass is 35.5. The number of fused-ring (bicyclic) bond motifs is 1. The number of carbonyl (C=O) groups is 3. The molecule has 0 aliphatic rings. The quantitative estimate of drug-likeness (QED) is 0.165. The van der Waals surface area contributed by atoms with E-state index < -0.39 is 23.7 Å². The lowest BCUT2D eigenvalue weighted by atomic mass is 10.1. The predicted molar refractivity (Wildman–Crippen MR) is 164 cm³/mol. The largest absolute Gasteiger partial charge is 0.497 e. The van der Waals surface area contributed by atoms with E-state index >= 15 is 0 Å². The zero-order valence-electron chi connectivity index (χ0n) is 23.9. The Hall–Kier alpha value is -5.29. The number of halogens is 4. The summed E-state index contributed by atoms with van der Waals surface area (Å²) in [7, 11) is 1.54. The van der Waals surface area contributed by atoms with E-state index in [1.54, 1.807) is 68.6 Å². The van der Waals surface area contributed by atoms with Crippen LogP contribution in [0.2, 0.25) is 5.02 Å². The summed E-state index contributed by atoms with van der Waals surface area (Å²) in [6.45, 7) is 1.75. The summed E-state index contributed by atoms with van der Waals surface area (Å²) in [5, 5.41) is 22.2. The Morgan fingerprint density at radius 2 is 1.60 bits per heavy atom. The molecule has 0 fully saturated rings. The van der Waals surface area contributed by atoms with Crippen LogP contribution in [0.15, 0.2) is 91.0 Å². The first-order valence-corrected chi connectivity index (χ1v) is 13.6. The van der Waals surface area contributed by atoms with Gasteiger partial charge in [0.25, 0.3) is 5.91 Å². The third-order valence-corrected chi connectivity index (χ3v) is 7.04. The lowest BCUT2D eigenvalue weighted by molar-refractivity contribution is -0.138. The van der Waals surface area contributed by atoms with E-state index in [-0.39, 0.29) is 29.3 Å². The molecule has 1 aromatic heterocycles. The number of aromatic carboxylic acids is 1. The number of hydrogen-bond donors (Lipinski definition) is 3. The van der Waals surface area contributed by atoms with E-state index in [4.69, 9.17) is 21.4 Å². The number of anilines is 2. The molecular weight excluding hydrogens is 613 g/mol. The first kappa shape index (κ1) is 32.6. The van der Waals surface area contributed by atoms with Crippen LogP contribution in [0.5, 0.6) is 5.75 Å². The van der Waals surface area contributed by atoms with Crippen molar-refractivity contribution in [2.45, 2.75) is 19.5 Å². The molecule has 0 aliphatic carbocycles. The first-order valence-electron chi connectivity index (χ1n) is 13.3. The maximum absolute atomic E-state index is 13.0. The molecule has 0 radical (unpaired) electrons. The van der Waals surface area contributed by atoms with Crippen molar-refractivity contribution in [2.24, 2.45) is 0 Å². The molecule has 5 aromatic rings. The Morgan fingerprint density at radius 3 is 2.22 bits per heavy atom. The zero-order valence-corrected chi connectivity index (χ0v) is 24.6. The standard InChI is InChI=1S/C19H16ClNO4.C14H10F3NO2/c1-11-15(10-18(22)23)16-9-14(25-2)7-8-17(16)21(11)19(24)12-3-5-13(20)6-4-12;15-14(16,17)9-4-3-5-10(8-9)18-12-7-2-1-6-11(12)13(19)20/h3-9H,10H2,1-2H3,(H,22,23);1-8,18H,(H,19,20). The van der Waals surface area contributed by atoms with Crippen LogP contribution in [0.25, 0.3) is 10.9 Å². The van der Waals surface area contributed by atoms with Crippen molar-refractivity contribution in [1.29, 1.82) is 0 Å². The lowest BCUT2D eigenvalue weighted by Crippen LogP contribution is -2.14. The number of aliphatic carboxylic acids is 1. The minimum absolute atomic E-state index is 0.00934. The Bertz CT molecular complexity index is 1880. The van der Waals surface area contributed by atoms with Crippen LogP contribution in [0, 0.1) is 6.92 Å². The van der Waals surface area contributed by atoms with Gasteiger partial charge in [-0.2, -0.15) is 13.2 Å². The molecule has 0 spiro atoms. The number of ether oxygens (including phenoxy) is 1. The van der Waals surface area contributed by atoms with E-state index in [1.807, 2.05) is 0 Å². The predicted octanol–water partition coefficient (Wildman–Crippen LogP) is 8.07. The number of carboxylic acid groups (broad SMARTS) is 2. The average molecular weight is 639 g/mol. The van der Waals surface area contributed by atoms with Crippen LogP contribution >= 0.6 is 11.6 Å². The Balaban J connectivity index is 0.000000210. The van der Waals surface area contributed by atoms with Gasteiger partial charge in [0.05, 0.1) is 35.9 Å². The number of hydrogen-bond acceptors (Lipinski definition) is 5. The van der Waals surface area contributed by atoms with Crippen molar-refractivity contribution in [3.8, 4) is 5.75 Å². The number of benzene rings is 4. The van der Waals surface area contributed by atoms with Crippen LogP contribution in [-0.2, 0) is 17.4 Å². The van der Waals surface area contributed by atoms with Gasteiger partial charge in [-0.15, -0.1) is 0 Å². The van der Waals surface area contributed by atoms with Crippen molar-refractivity contribution in [1.82, 2.24) is 4.57 Å². The number of methoxy groups -OCH3 is 1. The first-order chi connectivity index (χ1) is 21.3. The molecule has 3 N–H and O–H groups in total. The van der Waals surface area contributed by atoms with Crippen molar-refractivity contribution < 1.29 is 42.5 Å². The molecule has 0 aliphatic heterocycles. The fourth-order valence-electron chi connectivity index (χ4n) is 4.65. The van der Waals surface area contributed by atoms with E-state index in [0.717, 1.165) is 12.1 Å². The second-order valence-corrected chi connectivity index (χ2v) is 10.2. The minimum Gasteiger partial charge on any atom is -0.497 e. The number of aromatic nitrogens is 1. The lowest BCUT2D eigenvalue weighted by Gasteiger charge is -2.12. The molecule has 0 unspecified atom stereocenters. The van der Waals surface area contributed by atoms with E-state index in [9.17, 15) is 32.7 Å². The highest BCUT2D eigenvalue weighted by Gasteiger charge is 2.30. The van der Waals surface area contributed by atoms with Crippen molar-refractivity contribution in [3.63, 3.8) is 0 Å². The molecule has 1 heterocycles.